The topological polar surface area (TPSA) is 23.6 Å². The largest absolute Gasteiger partial charge is 0.310 e. The number of rotatable bonds is 8. The van der Waals surface area contributed by atoms with Gasteiger partial charge in [0.1, 0.15) is 0 Å². The van der Waals surface area contributed by atoms with Gasteiger partial charge in [0.15, 0.2) is 16.1 Å². The van der Waals surface area contributed by atoms with Crippen LogP contribution in [0.3, 0.4) is 0 Å². The van der Waals surface area contributed by atoms with E-state index in [1.165, 1.54) is 41.5 Å². The minimum absolute atomic E-state index is 0.846. The normalized spacial score (nSPS) is 15.5. The van der Waals surface area contributed by atoms with E-state index in [1.54, 1.807) is 0 Å². The molecule has 0 N–H and O–H groups in total. The Balaban J connectivity index is 0.839. The molecule has 0 bridgehead atoms. The molecule has 0 radical (unpaired) electrons. The fourth-order valence-electron chi connectivity index (χ4n) is 16.4. The van der Waals surface area contributed by atoms with Crippen molar-refractivity contribution in [1.82, 2.24) is 0 Å². The predicted octanol–water partition coefficient (Wildman–Crippen LogP) is 15.7. The van der Waals surface area contributed by atoms with Crippen molar-refractivity contribution in [2.24, 2.45) is 0 Å². The van der Waals surface area contributed by atoms with E-state index in [9.17, 15) is 0 Å². The van der Waals surface area contributed by atoms with Crippen LogP contribution in [-0.2, 0) is 9.07 Å². The molecule has 424 valence electrons. The lowest BCUT2D eigenvalue weighted by Crippen LogP contribution is -2.77. The van der Waals surface area contributed by atoms with E-state index in [0.717, 1.165) is 98.2 Å². The van der Waals surface area contributed by atoms with Crippen molar-refractivity contribution in [1.29, 1.82) is 0 Å². The highest BCUT2D eigenvalue weighted by atomic mass is 32.3. The fourth-order valence-corrected chi connectivity index (χ4v) is 31.8. The third-order valence-electron chi connectivity index (χ3n) is 19.9. The Bertz CT molecular complexity index is 4790. The quantitative estimate of drug-likeness (QED) is 0.142. The van der Waals surface area contributed by atoms with Gasteiger partial charge in [-0.1, -0.05) is 291 Å². The van der Waals surface area contributed by atoms with Crippen molar-refractivity contribution < 1.29 is 4.21 Å². The van der Waals surface area contributed by atoms with Gasteiger partial charge in [0.25, 0.3) is 0 Å². The number of anilines is 6. The van der Waals surface area contributed by atoms with Gasteiger partial charge in [-0.25, -0.2) is 0 Å². The van der Waals surface area contributed by atoms with Gasteiger partial charge < -0.3 is 9.80 Å². The van der Waals surface area contributed by atoms with E-state index in [2.05, 4.69) is 362 Å². The van der Waals surface area contributed by atoms with Crippen LogP contribution in [0, 0.1) is 0 Å². The van der Waals surface area contributed by atoms with Crippen molar-refractivity contribution in [2.45, 2.75) is 19.6 Å². The molecule has 14 aromatic rings. The Morgan fingerprint density at radius 3 is 0.778 bits per heavy atom. The van der Waals surface area contributed by atoms with Gasteiger partial charge in [-0.05, 0) is 136 Å². The van der Waals surface area contributed by atoms with Gasteiger partial charge in [-0.2, -0.15) is 0 Å². The average Bonchev–Trinajstić information content (AvgIpc) is 1.45. The summed E-state index contributed by atoms with van der Waals surface area (Å²) in [7, 11) is -10.2. The Morgan fingerprint density at radius 2 is 0.456 bits per heavy atom. The lowest BCUT2D eigenvalue weighted by Gasteiger charge is -2.45. The SMILES string of the molecule is O=S12(c3ccccc3-c3ccc(-c4ccccc4N4c5ccccc5[Si](c5ccccc5)(c5ccccc5)c5ccccc54)cc31)c1ccccc1-c1ccc(-c3ccccc3N3c4ccccc4[Si](c4ccccc4)(c4ccccc4)c4ccccc43)cc12. The lowest BCUT2D eigenvalue weighted by atomic mass is 9.98. The van der Waals surface area contributed by atoms with Gasteiger partial charge in [-0.15, -0.1) is 0 Å². The van der Waals surface area contributed by atoms with Crippen LogP contribution in [0.5, 0.6) is 0 Å². The maximum Gasteiger partial charge on any atom is 0.184 e. The highest BCUT2D eigenvalue weighted by Crippen LogP contribution is 2.71. The van der Waals surface area contributed by atoms with Crippen molar-refractivity contribution in [3.63, 3.8) is 0 Å². The van der Waals surface area contributed by atoms with Gasteiger partial charge in [0.2, 0.25) is 0 Å². The molecule has 4 aliphatic rings. The number of fused-ring (bicyclic) bond motifs is 14. The van der Waals surface area contributed by atoms with Crippen molar-refractivity contribution in [2.75, 3.05) is 9.80 Å². The minimum Gasteiger partial charge on any atom is -0.310 e. The van der Waals surface area contributed by atoms with Gasteiger partial charge in [0, 0.05) is 62.5 Å². The van der Waals surface area contributed by atoms with Crippen LogP contribution in [0.4, 0.5) is 34.1 Å². The Morgan fingerprint density at radius 1 is 0.211 bits per heavy atom. The van der Waals surface area contributed by atoms with Crippen molar-refractivity contribution >= 4 is 101 Å². The molecular formula is C84H58N2OSSi2. The second-order valence-corrected chi connectivity index (χ2v) is 35.2. The van der Waals surface area contributed by atoms with E-state index in [1.807, 2.05) is 0 Å². The summed E-state index contributed by atoms with van der Waals surface area (Å²) in [5, 5.41) is 10.7. The summed E-state index contributed by atoms with van der Waals surface area (Å²) in [5.74, 6) is 0. The smallest absolute Gasteiger partial charge is 0.184 e. The molecule has 1 spiro atoms. The summed E-state index contributed by atoms with van der Waals surface area (Å²) in [5.41, 5.74) is 14.9. The van der Waals surface area contributed by atoms with E-state index in [0.29, 0.717) is 0 Å². The molecule has 0 unspecified atom stereocenters. The van der Waals surface area contributed by atoms with Crippen molar-refractivity contribution in [3.8, 4) is 44.5 Å². The van der Waals surface area contributed by atoms with Gasteiger partial charge in [0.05, 0.1) is 11.4 Å². The maximum absolute atomic E-state index is 18.9. The lowest BCUT2D eigenvalue weighted by molar-refractivity contribution is 0.658. The Hall–Kier alpha value is -10.7. The third kappa shape index (κ3) is 6.90. The molecule has 0 amide bonds. The van der Waals surface area contributed by atoms with E-state index >= 15 is 4.21 Å². The van der Waals surface area contributed by atoms with E-state index in [4.69, 9.17) is 0 Å². The summed E-state index contributed by atoms with van der Waals surface area (Å²) in [4.78, 5) is 8.42. The zero-order valence-electron chi connectivity index (χ0n) is 49.2. The predicted molar refractivity (Wildman–Crippen MR) is 380 cm³/mol. The van der Waals surface area contributed by atoms with Crippen molar-refractivity contribution in [3.05, 3.63) is 352 Å². The molecule has 18 rings (SSSR count). The fraction of sp³-hybridized carbons (Fsp3) is 0. The molecule has 0 saturated carbocycles. The van der Waals surface area contributed by atoms with Crippen LogP contribution in [-0.4, -0.2) is 20.4 Å². The highest BCUT2D eigenvalue weighted by Gasteiger charge is 2.58. The summed E-state index contributed by atoms with van der Waals surface area (Å²) >= 11 is 0. The summed E-state index contributed by atoms with van der Waals surface area (Å²) < 4.78 is 18.9. The molecule has 90 heavy (non-hydrogen) atoms. The molecular weight excluding hydrogens is 1140 g/mol. The monoisotopic (exact) mass is 1200 g/mol. The molecule has 0 atom stereocenters. The maximum atomic E-state index is 18.9. The summed E-state index contributed by atoms with van der Waals surface area (Å²) in [6.45, 7) is 0. The highest BCUT2D eigenvalue weighted by molar-refractivity contribution is 8.21. The number of benzene rings is 14. The van der Waals surface area contributed by atoms with Crippen LogP contribution < -0.4 is 51.3 Å². The van der Waals surface area contributed by atoms with Crippen LogP contribution in [0.15, 0.2) is 371 Å². The van der Waals surface area contributed by atoms with Crippen LogP contribution in [0.2, 0.25) is 0 Å². The number of para-hydroxylation sites is 6. The van der Waals surface area contributed by atoms with Crippen LogP contribution in [0.1, 0.15) is 0 Å². The standard InChI is InChI=1S/C84H58N2OSSi2/c87-88(77-47-23-15-39-67(77)69-55-53-59(57-79(69)88)65-37-13-17-41-71(65)85-73-43-19-25-49-81(73)89(61-29-5-1-6-30-61,62-31-7-2-8-32-62)82-50-26-20-44-74(82)85)78-48-24-16-40-68(78)70-56-54-60(58-80(70)88)66-38-14-18-42-72(66)86-75-45-21-27-51-83(75)90(63-33-9-3-10-34-63,64-35-11-4-12-36-64)84-52-28-22-46-76(84)86/h1-58H. The number of hydrogen-bond donors (Lipinski definition) is 0. The first-order valence-electron chi connectivity index (χ1n) is 31.1. The zero-order valence-corrected chi connectivity index (χ0v) is 52.0. The number of nitrogens with zero attached hydrogens (tertiary/aromatic N) is 2. The molecule has 6 heteroatoms. The van der Waals surface area contributed by atoms with Crippen LogP contribution in [0.25, 0.3) is 44.5 Å². The van der Waals surface area contributed by atoms with E-state index < -0.39 is 25.2 Å². The molecule has 0 fully saturated rings. The Labute approximate surface area is 527 Å². The Kier molecular flexibility index (Phi) is 11.6. The average molecular weight is 1200 g/mol. The summed E-state index contributed by atoms with van der Waals surface area (Å²) in [6.07, 6.45) is 0. The van der Waals surface area contributed by atoms with Crippen LogP contribution >= 0.6 is 0 Å². The molecule has 0 saturated heterocycles. The molecule has 4 heterocycles. The molecule has 4 aliphatic heterocycles. The number of hydrogen-bond acceptors (Lipinski definition) is 3. The summed E-state index contributed by atoms with van der Waals surface area (Å²) in [6, 6.07) is 130. The van der Waals surface area contributed by atoms with E-state index in [-0.39, 0.29) is 0 Å². The minimum atomic E-state index is -4.43. The second kappa shape index (κ2) is 19.9. The third-order valence-corrected chi connectivity index (χ3v) is 34.4. The molecule has 3 nitrogen and oxygen atoms in total. The first-order chi connectivity index (χ1) is 44.5. The van der Waals surface area contributed by atoms with Gasteiger partial charge in [-0.3, -0.25) is 4.21 Å². The van der Waals surface area contributed by atoms with Gasteiger partial charge >= 0.3 is 0 Å². The first kappa shape index (κ1) is 52.4. The molecule has 14 aromatic carbocycles. The second-order valence-electron chi connectivity index (χ2n) is 24.1. The first-order valence-corrected chi connectivity index (χ1v) is 37.0. The molecule has 0 aromatic heterocycles. The molecule has 0 aliphatic carbocycles. The zero-order chi connectivity index (χ0) is 59.6.